The van der Waals surface area contributed by atoms with Crippen LogP contribution in [0.1, 0.15) is 26.3 Å². The molecule has 0 N–H and O–H groups in total. The van der Waals surface area contributed by atoms with Crippen LogP contribution >= 0.6 is 0 Å². The zero-order valence-electron chi connectivity index (χ0n) is 10.4. The number of hydrogen-bond donors (Lipinski definition) is 0. The van der Waals surface area contributed by atoms with E-state index in [2.05, 4.69) is 27.0 Å². The largest absolute Gasteiger partial charge is 0.493 e. The van der Waals surface area contributed by atoms with Crippen molar-refractivity contribution in [2.75, 3.05) is 0 Å². The van der Waals surface area contributed by atoms with Gasteiger partial charge >= 0.3 is 0 Å². The zero-order valence-corrected chi connectivity index (χ0v) is 10.4. The van der Waals surface area contributed by atoms with Crippen LogP contribution in [-0.4, -0.2) is 0 Å². The molecule has 0 aliphatic carbocycles. The Balaban J connectivity index is 2.57. The molecular formula is C15H20O. The Hall–Kier alpha value is -1.50. The van der Waals surface area contributed by atoms with E-state index >= 15 is 0 Å². The summed E-state index contributed by atoms with van der Waals surface area (Å²) in [5.41, 5.74) is 2.04. The van der Waals surface area contributed by atoms with E-state index in [0.29, 0.717) is 6.61 Å². The molecular weight excluding hydrogens is 196 g/mol. The van der Waals surface area contributed by atoms with Gasteiger partial charge in [-0.2, -0.15) is 0 Å². The van der Waals surface area contributed by atoms with Gasteiger partial charge in [0.1, 0.15) is 6.61 Å². The van der Waals surface area contributed by atoms with Gasteiger partial charge in [0.2, 0.25) is 0 Å². The van der Waals surface area contributed by atoms with E-state index in [1.165, 1.54) is 0 Å². The van der Waals surface area contributed by atoms with Crippen LogP contribution < -0.4 is 0 Å². The number of ether oxygens (including phenoxy) is 1. The second-order valence-electron chi connectivity index (χ2n) is 4.60. The summed E-state index contributed by atoms with van der Waals surface area (Å²) in [6.07, 6.45) is 0. The Morgan fingerprint density at radius 3 is 2.25 bits per heavy atom. The molecule has 0 aliphatic rings. The monoisotopic (exact) mass is 216 g/mol. The number of allylic oxidation sites excluding steroid dienone is 1. The maximum atomic E-state index is 5.70. The standard InChI is InChI=1S/C15H20O/c1-12(2)15(4,5)13(3)16-11-14-9-7-6-8-10-14/h6-10H,1,3,11H2,2,4-5H3. The van der Waals surface area contributed by atoms with E-state index in [-0.39, 0.29) is 5.41 Å². The molecule has 16 heavy (non-hydrogen) atoms. The molecule has 1 nitrogen and oxygen atoms in total. The zero-order chi connectivity index (χ0) is 12.2. The summed E-state index contributed by atoms with van der Waals surface area (Å²) >= 11 is 0. The molecule has 0 saturated carbocycles. The third-order valence-corrected chi connectivity index (χ3v) is 3.02. The lowest BCUT2D eigenvalue weighted by atomic mass is 9.84. The van der Waals surface area contributed by atoms with Gasteiger partial charge in [0.15, 0.2) is 0 Å². The summed E-state index contributed by atoms with van der Waals surface area (Å²) in [4.78, 5) is 0. The van der Waals surface area contributed by atoms with Crippen LogP contribution in [0.4, 0.5) is 0 Å². The Kier molecular flexibility index (Phi) is 3.94. The van der Waals surface area contributed by atoms with E-state index in [0.717, 1.165) is 16.9 Å². The Morgan fingerprint density at radius 1 is 1.19 bits per heavy atom. The highest BCUT2D eigenvalue weighted by atomic mass is 16.5. The van der Waals surface area contributed by atoms with Gasteiger partial charge in [-0.05, 0) is 26.3 Å². The van der Waals surface area contributed by atoms with E-state index in [9.17, 15) is 0 Å². The van der Waals surface area contributed by atoms with Gasteiger partial charge in [0.25, 0.3) is 0 Å². The van der Waals surface area contributed by atoms with Gasteiger partial charge in [0.05, 0.1) is 5.76 Å². The minimum atomic E-state index is -0.172. The van der Waals surface area contributed by atoms with Crippen molar-refractivity contribution in [2.24, 2.45) is 5.41 Å². The first-order valence-corrected chi connectivity index (χ1v) is 5.46. The minimum Gasteiger partial charge on any atom is -0.493 e. The lowest BCUT2D eigenvalue weighted by molar-refractivity contribution is 0.148. The molecule has 0 atom stereocenters. The molecule has 0 fully saturated rings. The topological polar surface area (TPSA) is 9.23 Å². The predicted molar refractivity (Wildman–Crippen MR) is 69.0 cm³/mol. The Labute approximate surface area is 98.5 Å². The summed E-state index contributed by atoms with van der Waals surface area (Å²) in [5.74, 6) is 0.767. The second kappa shape index (κ2) is 5.02. The van der Waals surface area contributed by atoms with Gasteiger partial charge in [-0.15, -0.1) is 0 Å². The van der Waals surface area contributed by atoms with Crippen molar-refractivity contribution in [1.82, 2.24) is 0 Å². The fraction of sp³-hybridized carbons (Fsp3) is 0.333. The number of rotatable bonds is 5. The summed E-state index contributed by atoms with van der Waals surface area (Å²) in [6.45, 7) is 14.6. The van der Waals surface area contributed by atoms with Gasteiger partial charge < -0.3 is 4.74 Å². The molecule has 0 bridgehead atoms. The van der Waals surface area contributed by atoms with Gasteiger partial charge in [-0.3, -0.25) is 0 Å². The molecule has 1 heteroatoms. The first-order chi connectivity index (χ1) is 7.44. The fourth-order valence-corrected chi connectivity index (χ4v) is 1.16. The maximum absolute atomic E-state index is 5.70. The average molecular weight is 216 g/mol. The molecule has 0 heterocycles. The first kappa shape index (κ1) is 12.6. The smallest absolute Gasteiger partial charge is 0.113 e. The normalized spacial score (nSPS) is 10.9. The summed E-state index contributed by atoms with van der Waals surface area (Å²) in [5, 5.41) is 0. The van der Waals surface area contributed by atoms with Crippen molar-refractivity contribution in [3.63, 3.8) is 0 Å². The first-order valence-electron chi connectivity index (χ1n) is 5.46. The highest BCUT2D eigenvalue weighted by Crippen LogP contribution is 2.33. The third-order valence-electron chi connectivity index (χ3n) is 3.02. The maximum Gasteiger partial charge on any atom is 0.113 e. The van der Waals surface area contributed by atoms with Gasteiger partial charge in [-0.25, -0.2) is 0 Å². The van der Waals surface area contributed by atoms with E-state index in [1.54, 1.807) is 0 Å². The highest BCUT2D eigenvalue weighted by Gasteiger charge is 2.24. The van der Waals surface area contributed by atoms with Crippen molar-refractivity contribution >= 4 is 0 Å². The molecule has 0 saturated heterocycles. The second-order valence-corrected chi connectivity index (χ2v) is 4.60. The van der Waals surface area contributed by atoms with Crippen LogP contribution in [0, 0.1) is 5.41 Å². The van der Waals surface area contributed by atoms with Crippen LogP contribution in [0.5, 0.6) is 0 Å². The van der Waals surface area contributed by atoms with E-state index in [1.807, 2.05) is 37.3 Å². The third kappa shape index (κ3) is 2.99. The van der Waals surface area contributed by atoms with Crippen molar-refractivity contribution < 1.29 is 4.74 Å². The summed E-state index contributed by atoms with van der Waals surface area (Å²) in [6, 6.07) is 10.1. The Bertz CT molecular complexity index is 374. The summed E-state index contributed by atoms with van der Waals surface area (Å²) in [7, 11) is 0. The molecule has 0 spiro atoms. The number of benzene rings is 1. The van der Waals surface area contributed by atoms with Crippen LogP contribution in [0.3, 0.4) is 0 Å². The predicted octanol–water partition coefficient (Wildman–Crippen LogP) is 4.32. The van der Waals surface area contributed by atoms with Crippen molar-refractivity contribution in [3.8, 4) is 0 Å². The summed E-state index contributed by atoms with van der Waals surface area (Å²) < 4.78 is 5.70. The van der Waals surface area contributed by atoms with Crippen molar-refractivity contribution in [3.05, 3.63) is 60.4 Å². The average Bonchev–Trinajstić information content (AvgIpc) is 2.27. The van der Waals surface area contributed by atoms with Crippen LogP contribution in [-0.2, 0) is 11.3 Å². The van der Waals surface area contributed by atoms with Gasteiger partial charge in [0, 0.05) is 5.41 Å². The molecule has 0 unspecified atom stereocenters. The van der Waals surface area contributed by atoms with Crippen molar-refractivity contribution in [1.29, 1.82) is 0 Å². The van der Waals surface area contributed by atoms with E-state index in [4.69, 9.17) is 4.74 Å². The molecule has 0 amide bonds. The van der Waals surface area contributed by atoms with Crippen molar-refractivity contribution in [2.45, 2.75) is 27.4 Å². The molecule has 1 rings (SSSR count). The quantitative estimate of drug-likeness (QED) is 0.526. The number of hydrogen-bond acceptors (Lipinski definition) is 1. The van der Waals surface area contributed by atoms with Crippen LogP contribution in [0.25, 0.3) is 0 Å². The molecule has 0 aromatic heterocycles. The minimum absolute atomic E-state index is 0.172. The van der Waals surface area contributed by atoms with E-state index < -0.39 is 0 Å². The fourth-order valence-electron chi connectivity index (χ4n) is 1.16. The SMILES string of the molecule is C=C(C)C(C)(C)C(=C)OCc1ccccc1. The lowest BCUT2D eigenvalue weighted by Gasteiger charge is -2.27. The molecule has 0 radical (unpaired) electrons. The lowest BCUT2D eigenvalue weighted by Crippen LogP contribution is -2.17. The van der Waals surface area contributed by atoms with Crippen LogP contribution in [0.2, 0.25) is 0 Å². The molecule has 0 aliphatic heterocycles. The molecule has 1 aromatic carbocycles. The molecule has 1 aromatic rings. The molecule has 86 valence electrons. The highest BCUT2D eigenvalue weighted by molar-refractivity contribution is 5.18. The van der Waals surface area contributed by atoms with Gasteiger partial charge in [-0.1, -0.05) is 49.1 Å². The Morgan fingerprint density at radius 2 is 1.75 bits per heavy atom. The van der Waals surface area contributed by atoms with Crippen LogP contribution in [0.15, 0.2) is 54.8 Å².